The summed E-state index contributed by atoms with van der Waals surface area (Å²) in [5.74, 6) is 0.778. The molecule has 6 rings (SSSR count). The van der Waals surface area contributed by atoms with E-state index in [-0.39, 0.29) is 17.9 Å². The summed E-state index contributed by atoms with van der Waals surface area (Å²) in [6.45, 7) is 3.83. The van der Waals surface area contributed by atoms with Crippen LogP contribution in [-0.4, -0.2) is 86.2 Å². The van der Waals surface area contributed by atoms with E-state index in [0.717, 1.165) is 18.5 Å². The highest BCUT2D eigenvalue weighted by atomic mass is 16.5. The topological polar surface area (TPSA) is 144 Å². The lowest BCUT2D eigenvalue weighted by Gasteiger charge is -2.16. The second kappa shape index (κ2) is 11.8. The van der Waals surface area contributed by atoms with Gasteiger partial charge in [0, 0.05) is 43.5 Å². The zero-order valence-corrected chi connectivity index (χ0v) is 24.5. The maximum atomic E-state index is 13.1. The number of carbonyl (C=O) groups excluding carboxylic acids is 2. The van der Waals surface area contributed by atoms with Gasteiger partial charge in [0.1, 0.15) is 29.4 Å². The molecule has 4 aromatic rings. The van der Waals surface area contributed by atoms with Crippen LogP contribution in [0.5, 0.6) is 5.75 Å². The van der Waals surface area contributed by atoms with E-state index in [4.69, 9.17) is 15.6 Å². The van der Waals surface area contributed by atoms with E-state index in [1.165, 1.54) is 26.3 Å². The smallest absolute Gasteiger partial charge is 0.260 e. The van der Waals surface area contributed by atoms with Gasteiger partial charge < -0.3 is 20.7 Å². The Morgan fingerprint density at radius 2 is 2.00 bits per heavy atom. The number of amides is 2. The predicted octanol–water partition coefficient (Wildman–Crippen LogP) is 3.46. The fourth-order valence-electron chi connectivity index (χ4n) is 5.50. The molecular weight excluding hydrogens is 546 g/mol. The summed E-state index contributed by atoms with van der Waals surface area (Å²) in [4.78, 5) is 43.1. The first kappa shape index (κ1) is 28.3. The number of aryl methyl sites for hydroxylation is 1. The molecular formula is C31H35N9O3. The molecule has 1 aliphatic carbocycles. The fourth-order valence-corrected chi connectivity index (χ4v) is 5.50. The van der Waals surface area contributed by atoms with Crippen LogP contribution >= 0.6 is 0 Å². The number of nitrogens with one attached hydrogen (secondary N) is 1. The molecule has 1 aromatic carbocycles. The summed E-state index contributed by atoms with van der Waals surface area (Å²) >= 11 is 0. The average molecular weight is 582 g/mol. The quantitative estimate of drug-likeness (QED) is 0.284. The third-order valence-corrected chi connectivity index (χ3v) is 8.04. The Hall–Kier alpha value is -4.84. The Bertz CT molecular complexity index is 1710. The molecule has 1 saturated heterocycles. The Morgan fingerprint density at radius 1 is 1.16 bits per heavy atom. The van der Waals surface area contributed by atoms with Crippen LogP contribution in [0.15, 0.2) is 55.0 Å². The number of nitrogen functional groups attached to an aromatic ring is 1. The van der Waals surface area contributed by atoms with Crippen molar-refractivity contribution in [2.45, 2.75) is 38.3 Å². The maximum Gasteiger partial charge on any atom is 0.260 e. The van der Waals surface area contributed by atoms with E-state index in [9.17, 15) is 9.59 Å². The van der Waals surface area contributed by atoms with Crippen LogP contribution in [0.3, 0.4) is 0 Å². The van der Waals surface area contributed by atoms with Gasteiger partial charge in [-0.1, -0.05) is 12.1 Å². The second-order valence-corrected chi connectivity index (χ2v) is 11.1. The minimum atomic E-state index is -0.344. The molecule has 0 bridgehead atoms. The molecule has 12 heteroatoms. The van der Waals surface area contributed by atoms with Crippen LogP contribution in [-0.2, 0) is 4.79 Å². The molecule has 1 aliphatic heterocycles. The molecule has 4 heterocycles. The number of aromatic nitrogens is 5. The summed E-state index contributed by atoms with van der Waals surface area (Å²) in [5, 5.41) is 8.37. The monoisotopic (exact) mass is 581 g/mol. The Balaban J connectivity index is 1.25. The van der Waals surface area contributed by atoms with Gasteiger partial charge in [-0.25, -0.2) is 19.6 Å². The summed E-state index contributed by atoms with van der Waals surface area (Å²) in [6, 6.07) is 9.47. The molecule has 0 spiro atoms. The van der Waals surface area contributed by atoms with Gasteiger partial charge in [-0.3, -0.25) is 14.5 Å². The summed E-state index contributed by atoms with van der Waals surface area (Å²) in [6.07, 6.45) is 9.88. The lowest BCUT2D eigenvalue weighted by molar-refractivity contribution is -0.125. The van der Waals surface area contributed by atoms with Crippen LogP contribution in [0.25, 0.3) is 22.3 Å². The summed E-state index contributed by atoms with van der Waals surface area (Å²) in [5.41, 5.74) is 9.55. The van der Waals surface area contributed by atoms with Gasteiger partial charge in [-0.05, 0) is 63.1 Å². The van der Waals surface area contributed by atoms with Crippen molar-refractivity contribution in [3.8, 4) is 17.0 Å². The number of ether oxygens (including phenoxy) is 1. The first-order chi connectivity index (χ1) is 20.8. The van der Waals surface area contributed by atoms with Crippen molar-refractivity contribution in [2.75, 3.05) is 44.8 Å². The van der Waals surface area contributed by atoms with E-state index in [2.05, 4.69) is 32.2 Å². The molecule has 3 aromatic heterocycles. The van der Waals surface area contributed by atoms with E-state index in [1.807, 2.05) is 28.6 Å². The number of rotatable bonds is 9. The van der Waals surface area contributed by atoms with Gasteiger partial charge in [0.15, 0.2) is 5.65 Å². The Morgan fingerprint density at radius 3 is 2.77 bits per heavy atom. The molecule has 2 amide bonds. The lowest BCUT2D eigenvalue weighted by Crippen LogP contribution is -2.28. The minimum Gasteiger partial charge on any atom is -0.496 e. The van der Waals surface area contributed by atoms with Gasteiger partial charge in [0.2, 0.25) is 5.91 Å². The molecule has 12 nitrogen and oxygen atoms in total. The molecule has 2 fully saturated rings. The standard InChI is InChI=1S/C31H35N9O3/c1-19-10-12-33-25(15-19)36-31(42)23-9-6-20(16-24(23)43-3)28-27-29(32)34-18-35-30(27)40(37-28)22-11-14-39(17-22)26(41)5-4-13-38(2)21-7-8-21/h4-6,9-10,12,15-16,18,21-22H,7-8,11,13-14,17H2,1-3H3,(H2,32,34,35)(H,33,36,42)/t22-/m1/s1. The van der Waals surface area contributed by atoms with Crippen molar-refractivity contribution in [3.05, 3.63) is 66.1 Å². The van der Waals surface area contributed by atoms with E-state index >= 15 is 0 Å². The van der Waals surface area contributed by atoms with E-state index in [0.29, 0.717) is 64.4 Å². The number of anilines is 2. The van der Waals surface area contributed by atoms with Gasteiger partial charge in [0.25, 0.3) is 5.91 Å². The van der Waals surface area contributed by atoms with Gasteiger partial charge in [-0.2, -0.15) is 5.10 Å². The molecule has 222 valence electrons. The average Bonchev–Trinajstić information content (AvgIpc) is 3.61. The number of benzene rings is 1. The zero-order chi connectivity index (χ0) is 30.1. The normalized spacial score (nSPS) is 16.8. The fraction of sp³-hybridized carbons (Fsp3) is 0.355. The number of likely N-dealkylation sites (tertiary alicyclic amines) is 1. The van der Waals surface area contributed by atoms with Gasteiger partial charge >= 0.3 is 0 Å². The van der Waals surface area contributed by atoms with Crippen molar-refractivity contribution < 1.29 is 14.3 Å². The minimum absolute atomic E-state index is 0.00279. The Labute approximate surface area is 249 Å². The largest absolute Gasteiger partial charge is 0.496 e. The molecule has 1 atom stereocenters. The predicted molar refractivity (Wildman–Crippen MR) is 164 cm³/mol. The zero-order valence-electron chi connectivity index (χ0n) is 24.5. The number of fused-ring (bicyclic) bond motifs is 1. The molecule has 1 saturated carbocycles. The molecule has 3 N–H and O–H groups in total. The second-order valence-electron chi connectivity index (χ2n) is 11.1. The number of pyridine rings is 1. The first-order valence-corrected chi connectivity index (χ1v) is 14.4. The highest BCUT2D eigenvalue weighted by molar-refractivity contribution is 6.06. The third-order valence-electron chi connectivity index (χ3n) is 8.04. The van der Waals surface area contributed by atoms with Crippen LogP contribution in [0, 0.1) is 6.92 Å². The summed E-state index contributed by atoms with van der Waals surface area (Å²) < 4.78 is 7.46. The van der Waals surface area contributed by atoms with E-state index < -0.39 is 0 Å². The first-order valence-electron chi connectivity index (χ1n) is 14.4. The Kier molecular flexibility index (Phi) is 7.76. The number of nitrogens with two attached hydrogens (primary N) is 1. The van der Waals surface area contributed by atoms with Crippen molar-refractivity contribution >= 4 is 34.5 Å². The highest BCUT2D eigenvalue weighted by Crippen LogP contribution is 2.36. The lowest BCUT2D eigenvalue weighted by atomic mass is 10.1. The number of hydrogen-bond acceptors (Lipinski definition) is 9. The van der Waals surface area contributed by atoms with Crippen molar-refractivity contribution in [1.82, 2.24) is 34.5 Å². The summed E-state index contributed by atoms with van der Waals surface area (Å²) in [7, 11) is 3.60. The molecule has 0 radical (unpaired) electrons. The number of methoxy groups -OCH3 is 1. The number of hydrogen-bond donors (Lipinski definition) is 2. The van der Waals surface area contributed by atoms with Crippen LogP contribution < -0.4 is 15.8 Å². The van der Waals surface area contributed by atoms with Crippen LogP contribution in [0.2, 0.25) is 0 Å². The van der Waals surface area contributed by atoms with Crippen LogP contribution in [0.1, 0.15) is 41.2 Å². The van der Waals surface area contributed by atoms with E-state index in [1.54, 1.807) is 36.5 Å². The van der Waals surface area contributed by atoms with Gasteiger partial charge in [0.05, 0.1) is 24.1 Å². The highest BCUT2D eigenvalue weighted by Gasteiger charge is 2.31. The molecule has 0 unspecified atom stereocenters. The third kappa shape index (κ3) is 5.91. The van der Waals surface area contributed by atoms with Crippen LogP contribution in [0.4, 0.5) is 11.6 Å². The molecule has 2 aliphatic rings. The van der Waals surface area contributed by atoms with Crippen molar-refractivity contribution in [2.24, 2.45) is 0 Å². The number of carbonyl (C=O) groups is 2. The SMILES string of the molecule is COc1cc(-c2nn([C@@H]3CCN(C(=O)C=CCN(C)C4CC4)C3)c3ncnc(N)c23)ccc1C(=O)Nc1cc(C)ccn1. The van der Waals surface area contributed by atoms with Gasteiger partial charge in [-0.15, -0.1) is 0 Å². The number of nitrogens with zero attached hydrogens (tertiary/aromatic N) is 7. The molecule has 43 heavy (non-hydrogen) atoms. The van der Waals surface area contributed by atoms with Crippen molar-refractivity contribution in [1.29, 1.82) is 0 Å². The maximum absolute atomic E-state index is 13.1. The number of likely N-dealkylation sites (N-methyl/N-ethyl adjacent to an activating group) is 1. The van der Waals surface area contributed by atoms with Crippen molar-refractivity contribution in [3.63, 3.8) is 0 Å².